The van der Waals surface area contributed by atoms with Crippen molar-refractivity contribution in [2.24, 2.45) is 5.73 Å². The summed E-state index contributed by atoms with van der Waals surface area (Å²) < 4.78 is 0. The number of hydrogen-bond acceptors (Lipinski definition) is 3. The molecule has 3 heteroatoms. The van der Waals surface area contributed by atoms with Gasteiger partial charge in [-0.2, -0.15) is 0 Å². The number of fused-ring (bicyclic) bond motifs is 3. The van der Waals surface area contributed by atoms with E-state index in [2.05, 4.69) is 5.48 Å². The van der Waals surface area contributed by atoms with Crippen molar-refractivity contribution in [2.75, 3.05) is 0 Å². The molecular formula is C12H10N2O. The van der Waals surface area contributed by atoms with Gasteiger partial charge in [0.2, 0.25) is 0 Å². The number of rotatable bonds is 0. The molecule has 74 valence electrons. The van der Waals surface area contributed by atoms with E-state index in [1.165, 1.54) is 0 Å². The second-order valence-electron chi connectivity index (χ2n) is 3.48. The van der Waals surface area contributed by atoms with E-state index in [1.54, 1.807) is 0 Å². The van der Waals surface area contributed by atoms with Gasteiger partial charge < -0.3 is 10.6 Å². The topological polar surface area (TPSA) is 47.3 Å². The minimum absolute atomic E-state index is 0.761. The lowest BCUT2D eigenvalue weighted by Crippen LogP contribution is -1.98. The Bertz CT molecular complexity index is 512. The predicted molar refractivity (Wildman–Crippen MR) is 58.9 cm³/mol. The van der Waals surface area contributed by atoms with E-state index < -0.39 is 0 Å². The first-order chi connectivity index (χ1) is 7.36. The zero-order valence-electron chi connectivity index (χ0n) is 8.03. The molecule has 1 aliphatic heterocycles. The van der Waals surface area contributed by atoms with Gasteiger partial charge in [-0.3, -0.25) is 0 Å². The zero-order chi connectivity index (χ0) is 10.3. The lowest BCUT2D eigenvalue weighted by molar-refractivity contribution is 0.172. The van der Waals surface area contributed by atoms with Crippen LogP contribution in [0.3, 0.4) is 0 Å². The normalized spacial score (nSPS) is 17.2. The highest BCUT2D eigenvalue weighted by Crippen LogP contribution is 2.33. The second-order valence-corrected chi connectivity index (χ2v) is 3.48. The molecule has 1 aromatic rings. The van der Waals surface area contributed by atoms with Crippen molar-refractivity contribution >= 4 is 11.3 Å². The Hall–Kier alpha value is -2.16. The molecule has 2 aliphatic rings. The van der Waals surface area contributed by atoms with Crippen LogP contribution in [0.4, 0.5) is 0 Å². The summed E-state index contributed by atoms with van der Waals surface area (Å²) in [5.41, 5.74) is 12.7. The van der Waals surface area contributed by atoms with Crippen LogP contribution in [0.1, 0.15) is 11.1 Å². The summed E-state index contributed by atoms with van der Waals surface area (Å²) in [5.74, 6) is 0.808. The van der Waals surface area contributed by atoms with Crippen molar-refractivity contribution in [1.29, 1.82) is 0 Å². The number of hydrogen-bond donors (Lipinski definition) is 2. The summed E-state index contributed by atoms with van der Waals surface area (Å²) in [6.45, 7) is 0. The number of nitrogens with two attached hydrogens (primary N) is 1. The Labute approximate surface area is 87.5 Å². The van der Waals surface area contributed by atoms with Gasteiger partial charge in [-0.15, -0.1) is 0 Å². The van der Waals surface area contributed by atoms with E-state index in [1.807, 2.05) is 42.6 Å². The predicted octanol–water partition coefficient (Wildman–Crippen LogP) is 1.76. The first-order valence-corrected chi connectivity index (χ1v) is 4.76. The summed E-state index contributed by atoms with van der Waals surface area (Å²) in [6, 6.07) is 8.02. The van der Waals surface area contributed by atoms with E-state index in [0.29, 0.717) is 0 Å². The smallest absolute Gasteiger partial charge is 0.164 e. The van der Waals surface area contributed by atoms with Crippen LogP contribution in [0.5, 0.6) is 0 Å². The third-order valence-electron chi connectivity index (χ3n) is 2.58. The molecule has 0 radical (unpaired) electrons. The van der Waals surface area contributed by atoms with Crippen molar-refractivity contribution < 1.29 is 4.84 Å². The molecule has 3 N–H and O–H groups in total. The molecule has 0 atom stereocenters. The maximum absolute atomic E-state index is 5.96. The standard InChI is InChI=1S/C12H10N2O/c13-11-5-6-12-10(7-14-15-12)8-3-1-2-4-9(8)11/h1-7,14H,13H2. The summed E-state index contributed by atoms with van der Waals surface area (Å²) in [6.07, 6.45) is 5.58. The molecule has 1 aromatic carbocycles. The molecule has 15 heavy (non-hydrogen) atoms. The molecule has 0 fully saturated rings. The molecule has 0 saturated heterocycles. The Morgan fingerprint density at radius 2 is 1.87 bits per heavy atom. The van der Waals surface area contributed by atoms with Gasteiger partial charge in [-0.25, -0.2) is 5.48 Å². The largest absolute Gasteiger partial charge is 0.398 e. The van der Waals surface area contributed by atoms with Gasteiger partial charge in [0, 0.05) is 23.0 Å². The van der Waals surface area contributed by atoms with Gasteiger partial charge in [0.25, 0.3) is 0 Å². The molecule has 0 saturated carbocycles. The number of hydroxylamine groups is 1. The lowest BCUT2D eigenvalue weighted by atomic mass is 9.99. The molecule has 1 aliphatic carbocycles. The number of allylic oxidation sites excluding steroid dienone is 3. The SMILES string of the molecule is NC1=CC=C2ONC=C2c2ccccc21. The Morgan fingerprint density at radius 1 is 1.07 bits per heavy atom. The van der Waals surface area contributed by atoms with Crippen LogP contribution in [-0.4, -0.2) is 0 Å². The first-order valence-electron chi connectivity index (χ1n) is 4.76. The summed E-state index contributed by atoms with van der Waals surface area (Å²) >= 11 is 0. The second kappa shape index (κ2) is 2.92. The van der Waals surface area contributed by atoms with Gasteiger partial charge in [0.05, 0.1) is 0 Å². The molecule has 3 nitrogen and oxygen atoms in total. The highest BCUT2D eigenvalue weighted by molar-refractivity contribution is 5.88. The maximum atomic E-state index is 5.96. The van der Waals surface area contributed by atoms with Gasteiger partial charge in [0.1, 0.15) is 0 Å². The van der Waals surface area contributed by atoms with Crippen LogP contribution in [0.25, 0.3) is 11.3 Å². The van der Waals surface area contributed by atoms with E-state index in [4.69, 9.17) is 10.6 Å². The van der Waals surface area contributed by atoms with E-state index in [-0.39, 0.29) is 0 Å². The highest BCUT2D eigenvalue weighted by Gasteiger charge is 2.20. The van der Waals surface area contributed by atoms with Crippen molar-refractivity contribution in [3.8, 4) is 0 Å². The fourth-order valence-corrected chi connectivity index (χ4v) is 1.84. The lowest BCUT2D eigenvalue weighted by Gasteiger charge is -2.07. The summed E-state index contributed by atoms with van der Waals surface area (Å²) in [7, 11) is 0. The van der Waals surface area contributed by atoms with Gasteiger partial charge in [0.15, 0.2) is 5.76 Å². The van der Waals surface area contributed by atoms with Gasteiger partial charge in [-0.1, -0.05) is 24.3 Å². The summed E-state index contributed by atoms with van der Waals surface area (Å²) in [4.78, 5) is 5.26. The Kier molecular flexibility index (Phi) is 1.59. The van der Waals surface area contributed by atoms with Crippen molar-refractivity contribution in [2.45, 2.75) is 0 Å². The third kappa shape index (κ3) is 1.13. The molecule has 3 rings (SSSR count). The molecular weight excluding hydrogens is 188 g/mol. The fraction of sp³-hybridized carbons (Fsp3) is 0. The zero-order valence-corrected chi connectivity index (χ0v) is 8.03. The quantitative estimate of drug-likeness (QED) is 0.667. The van der Waals surface area contributed by atoms with Gasteiger partial charge >= 0.3 is 0 Å². The first kappa shape index (κ1) is 8.17. The van der Waals surface area contributed by atoms with Crippen LogP contribution in [0, 0.1) is 0 Å². The van der Waals surface area contributed by atoms with Crippen molar-refractivity contribution in [3.05, 3.63) is 59.5 Å². The molecule has 0 bridgehead atoms. The van der Waals surface area contributed by atoms with Crippen LogP contribution in [-0.2, 0) is 4.84 Å². The minimum Gasteiger partial charge on any atom is -0.398 e. The number of nitrogens with one attached hydrogen (secondary N) is 1. The van der Waals surface area contributed by atoms with Gasteiger partial charge in [-0.05, 0) is 17.7 Å². The number of benzene rings is 1. The fourth-order valence-electron chi connectivity index (χ4n) is 1.84. The monoisotopic (exact) mass is 198 g/mol. The Balaban J connectivity index is 2.30. The third-order valence-corrected chi connectivity index (χ3v) is 2.58. The molecule has 0 amide bonds. The highest BCUT2D eigenvalue weighted by atomic mass is 16.7. The summed E-state index contributed by atoms with van der Waals surface area (Å²) in [5, 5.41) is 0. The van der Waals surface area contributed by atoms with E-state index >= 15 is 0 Å². The van der Waals surface area contributed by atoms with Crippen LogP contribution in [0.2, 0.25) is 0 Å². The Morgan fingerprint density at radius 3 is 2.73 bits per heavy atom. The van der Waals surface area contributed by atoms with Crippen LogP contribution < -0.4 is 11.2 Å². The van der Waals surface area contributed by atoms with Crippen molar-refractivity contribution in [1.82, 2.24) is 5.48 Å². The molecule has 0 spiro atoms. The van der Waals surface area contributed by atoms with E-state index in [9.17, 15) is 0 Å². The molecule has 1 heterocycles. The average molecular weight is 198 g/mol. The van der Waals surface area contributed by atoms with Crippen molar-refractivity contribution in [3.63, 3.8) is 0 Å². The minimum atomic E-state index is 0.761. The van der Waals surface area contributed by atoms with E-state index in [0.717, 1.165) is 28.2 Å². The average Bonchev–Trinajstić information content (AvgIpc) is 2.69. The molecule has 0 unspecified atom stereocenters. The molecule has 0 aromatic heterocycles. The van der Waals surface area contributed by atoms with Crippen LogP contribution in [0.15, 0.2) is 48.4 Å². The van der Waals surface area contributed by atoms with Crippen LogP contribution >= 0.6 is 0 Å². The maximum Gasteiger partial charge on any atom is 0.164 e.